The van der Waals surface area contributed by atoms with Gasteiger partial charge in [-0.25, -0.2) is 0 Å². The van der Waals surface area contributed by atoms with Crippen molar-refractivity contribution in [1.82, 2.24) is 15.5 Å². The predicted molar refractivity (Wildman–Crippen MR) is 97.7 cm³/mol. The highest BCUT2D eigenvalue weighted by Gasteiger charge is 2.22. The third-order valence-corrected chi connectivity index (χ3v) is 4.77. The highest BCUT2D eigenvalue weighted by Crippen LogP contribution is 2.14. The lowest BCUT2D eigenvalue weighted by atomic mass is 9.99. The van der Waals surface area contributed by atoms with Gasteiger partial charge in [0.2, 0.25) is 0 Å². The fraction of sp³-hybridized carbons (Fsp3) is 0.632. The first-order valence-corrected chi connectivity index (χ1v) is 9.13. The van der Waals surface area contributed by atoms with E-state index in [0.29, 0.717) is 18.2 Å². The van der Waals surface area contributed by atoms with Gasteiger partial charge in [0.1, 0.15) is 12.4 Å². The van der Waals surface area contributed by atoms with Gasteiger partial charge in [0.15, 0.2) is 0 Å². The lowest BCUT2D eigenvalue weighted by molar-refractivity contribution is 0.0920. The Morgan fingerprint density at radius 2 is 2.00 bits per heavy atom. The molecular weight excluding hydrogens is 302 g/mol. The first kappa shape index (κ1) is 18.7. The van der Waals surface area contributed by atoms with Crippen molar-refractivity contribution in [3.05, 3.63) is 29.8 Å². The minimum atomic E-state index is -0.00904. The molecule has 2 unspecified atom stereocenters. The molecule has 0 spiro atoms. The van der Waals surface area contributed by atoms with Crippen LogP contribution in [-0.4, -0.2) is 55.7 Å². The number of piperidine rings is 1. The summed E-state index contributed by atoms with van der Waals surface area (Å²) in [6.45, 7) is 11.1. The molecule has 134 valence electrons. The third-order valence-electron chi connectivity index (χ3n) is 4.77. The van der Waals surface area contributed by atoms with Crippen molar-refractivity contribution in [3.63, 3.8) is 0 Å². The normalized spacial score (nSPS) is 20.8. The second-order valence-electron chi connectivity index (χ2n) is 6.36. The van der Waals surface area contributed by atoms with E-state index in [1.165, 1.54) is 0 Å². The number of amides is 1. The van der Waals surface area contributed by atoms with Crippen LogP contribution in [0.2, 0.25) is 0 Å². The number of hydrogen-bond donors (Lipinski definition) is 2. The van der Waals surface area contributed by atoms with Crippen LogP contribution in [0.4, 0.5) is 0 Å². The largest absolute Gasteiger partial charge is 0.492 e. The summed E-state index contributed by atoms with van der Waals surface area (Å²) in [6, 6.07) is 7.95. The van der Waals surface area contributed by atoms with Gasteiger partial charge >= 0.3 is 0 Å². The summed E-state index contributed by atoms with van der Waals surface area (Å²) in [4.78, 5) is 14.7. The Morgan fingerprint density at radius 3 is 2.62 bits per heavy atom. The van der Waals surface area contributed by atoms with Crippen LogP contribution in [0.5, 0.6) is 5.75 Å². The number of carbonyl (C=O) groups is 1. The summed E-state index contributed by atoms with van der Waals surface area (Å²) in [5.41, 5.74) is 0.684. The van der Waals surface area contributed by atoms with Crippen LogP contribution in [0.1, 0.15) is 44.0 Å². The maximum atomic E-state index is 12.4. The smallest absolute Gasteiger partial charge is 0.251 e. The van der Waals surface area contributed by atoms with Crippen molar-refractivity contribution in [2.24, 2.45) is 0 Å². The maximum Gasteiger partial charge on any atom is 0.251 e. The molecule has 1 aromatic carbocycles. The third kappa shape index (κ3) is 5.49. The fourth-order valence-corrected chi connectivity index (χ4v) is 3.03. The monoisotopic (exact) mass is 333 g/mol. The topological polar surface area (TPSA) is 53.6 Å². The molecule has 1 aromatic rings. The number of nitrogens with zero attached hydrogens (tertiary/aromatic N) is 1. The lowest BCUT2D eigenvalue weighted by Crippen LogP contribution is -2.51. The van der Waals surface area contributed by atoms with Gasteiger partial charge in [-0.2, -0.15) is 0 Å². The molecule has 5 heteroatoms. The number of carbonyl (C=O) groups excluding carboxylic acids is 1. The second kappa shape index (κ2) is 9.64. The average Bonchev–Trinajstić information content (AvgIpc) is 2.61. The SMILES string of the molecule is CCN(CC)CCOc1ccc(C(=O)NC2CCCNC2C)cc1. The molecule has 1 heterocycles. The zero-order valence-corrected chi connectivity index (χ0v) is 15.2. The molecule has 0 radical (unpaired) electrons. The maximum absolute atomic E-state index is 12.4. The van der Waals surface area contributed by atoms with E-state index in [0.717, 1.165) is 44.8 Å². The molecule has 2 N–H and O–H groups in total. The van der Waals surface area contributed by atoms with Crippen LogP contribution < -0.4 is 15.4 Å². The van der Waals surface area contributed by atoms with Gasteiger partial charge in [-0.15, -0.1) is 0 Å². The highest BCUT2D eigenvalue weighted by atomic mass is 16.5. The van der Waals surface area contributed by atoms with Crippen LogP contribution in [0.25, 0.3) is 0 Å². The van der Waals surface area contributed by atoms with E-state index in [2.05, 4.69) is 36.3 Å². The van der Waals surface area contributed by atoms with Crippen LogP contribution in [0, 0.1) is 0 Å². The zero-order valence-electron chi connectivity index (χ0n) is 15.2. The van der Waals surface area contributed by atoms with Crippen LogP contribution in [0.15, 0.2) is 24.3 Å². The van der Waals surface area contributed by atoms with Crippen molar-refractivity contribution in [1.29, 1.82) is 0 Å². The van der Waals surface area contributed by atoms with Crippen LogP contribution in [-0.2, 0) is 0 Å². The molecule has 0 bridgehead atoms. The van der Waals surface area contributed by atoms with Crippen molar-refractivity contribution < 1.29 is 9.53 Å². The molecule has 1 aliphatic rings. The molecule has 1 aliphatic heterocycles. The molecule has 24 heavy (non-hydrogen) atoms. The number of hydrogen-bond acceptors (Lipinski definition) is 4. The highest BCUT2D eigenvalue weighted by molar-refractivity contribution is 5.94. The molecule has 0 aromatic heterocycles. The Balaban J connectivity index is 1.81. The van der Waals surface area contributed by atoms with Gasteiger partial charge in [0.25, 0.3) is 5.91 Å². The summed E-state index contributed by atoms with van der Waals surface area (Å²) < 4.78 is 5.76. The Bertz CT molecular complexity index is 500. The van der Waals surface area contributed by atoms with Gasteiger partial charge in [-0.3, -0.25) is 4.79 Å². The Hall–Kier alpha value is -1.59. The van der Waals surface area contributed by atoms with Gasteiger partial charge in [0, 0.05) is 24.2 Å². The summed E-state index contributed by atoms with van der Waals surface area (Å²) >= 11 is 0. The molecule has 0 aliphatic carbocycles. The summed E-state index contributed by atoms with van der Waals surface area (Å²) in [6.07, 6.45) is 2.14. The molecule has 5 nitrogen and oxygen atoms in total. The first-order valence-electron chi connectivity index (χ1n) is 9.13. The van der Waals surface area contributed by atoms with Crippen molar-refractivity contribution in [2.75, 3.05) is 32.8 Å². The number of benzene rings is 1. The van der Waals surface area contributed by atoms with E-state index >= 15 is 0 Å². The van der Waals surface area contributed by atoms with Crippen molar-refractivity contribution >= 4 is 5.91 Å². The molecule has 0 saturated carbocycles. The van der Waals surface area contributed by atoms with Gasteiger partial charge in [-0.05, 0) is 63.7 Å². The van der Waals surface area contributed by atoms with Crippen LogP contribution >= 0.6 is 0 Å². The zero-order chi connectivity index (χ0) is 17.4. The summed E-state index contributed by atoms with van der Waals surface area (Å²) in [7, 11) is 0. The summed E-state index contributed by atoms with van der Waals surface area (Å²) in [5.74, 6) is 0.802. The standard InChI is InChI=1S/C19H31N3O2/c1-4-22(5-2)13-14-24-17-10-8-16(9-11-17)19(23)21-18-7-6-12-20-15(18)3/h8-11,15,18,20H,4-7,12-14H2,1-3H3,(H,21,23). The van der Waals surface area contributed by atoms with Gasteiger partial charge < -0.3 is 20.3 Å². The number of rotatable bonds is 8. The minimum Gasteiger partial charge on any atom is -0.492 e. The Kier molecular flexibility index (Phi) is 7.53. The molecule has 2 rings (SSSR count). The Labute approximate surface area is 145 Å². The van der Waals surface area contributed by atoms with E-state index in [1.54, 1.807) is 0 Å². The minimum absolute atomic E-state index is 0.00904. The lowest BCUT2D eigenvalue weighted by Gasteiger charge is -2.30. The predicted octanol–water partition coefficient (Wildman–Crippen LogP) is 2.28. The molecule has 1 fully saturated rings. The van der Waals surface area contributed by atoms with Gasteiger partial charge in [0.05, 0.1) is 0 Å². The van der Waals surface area contributed by atoms with Crippen molar-refractivity contribution in [2.45, 2.75) is 45.7 Å². The van der Waals surface area contributed by atoms with Crippen molar-refractivity contribution in [3.8, 4) is 5.75 Å². The summed E-state index contributed by atoms with van der Waals surface area (Å²) in [5, 5.41) is 6.53. The van der Waals surface area contributed by atoms with E-state index in [4.69, 9.17) is 4.74 Å². The molecule has 1 saturated heterocycles. The molecular formula is C19H31N3O2. The van der Waals surface area contributed by atoms with E-state index < -0.39 is 0 Å². The van der Waals surface area contributed by atoms with Gasteiger partial charge in [-0.1, -0.05) is 13.8 Å². The second-order valence-corrected chi connectivity index (χ2v) is 6.36. The fourth-order valence-electron chi connectivity index (χ4n) is 3.03. The van der Waals surface area contributed by atoms with E-state index in [1.807, 2.05) is 24.3 Å². The number of ether oxygens (including phenoxy) is 1. The van der Waals surface area contributed by atoms with E-state index in [9.17, 15) is 4.79 Å². The molecule has 1 amide bonds. The first-order chi connectivity index (χ1) is 11.6. The van der Waals surface area contributed by atoms with Crippen LogP contribution in [0.3, 0.4) is 0 Å². The quantitative estimate of drug-likeness (QED) is 0.766. The Morgan fingerprint density at radius 1 is 1.29 bits per heavy atom. The number of likely N-dealkylation sites (N-methyl/N-ethyl adjacent to an activating group) is 1. The number of nitrogens with one attached hydrogen (secondary N) is 2. The molecule has 2 atom stereocenters. The van der Waals surface area contributed by atoms with E-state index in [-0.39, 0.29) is 11.9 Å². The average molecular weight is 333 g/mol.